The molecule has 7 heteroatoms. The van der Waals surface area contributed by atoms with E-state index in [2.05, 4.69) is 14.5 Å². The molecule has 1 aliphatic rings. The van der Waals surface area contributed by atoms with Crippen molar-refractivity contribution >= 4 is 18.5 Å². The van der Waals surface area contributed by atoms with Gasteiger partial charge in [-0.2, -0.15) is 0 Å². The van der Waals surface area contributed by atoms with Gasteiger partial charge in [0.05, 0.1) is 13.2 Å². The molecule has 1 rings (SSSR count). The fourth-order valence-electron chi connectivity index (χ4n) is 1.01. The topological polar surface area (TPSA) is 77.4 Å². The number of ether oxygens (including phenoxy) is 3. The van der Waals surface area contributed by atoms with Crippen LogP contribution in [0.4, 0.5) is 9.59 Å². The van der Waals surface area contributed by atoms with Crippen molar-refractivity contribution in [2.75, 3.05) is 26.4 Å². The molecule has 0 N–H and O–H groups in total. The smallest absolute Gasteiger partial charge is 0.446 e. The third-order valence-corrected chi connectivity index (χ3v) is 1.74. The lowest BCUT2D eigenvalue weighted by atomic mass is 10.5. The minimum Gasteiger partial charge on any atom is -0.446 e. The highest BCUT2D eigenvalue weighted by atomic mass is 16.7. The quantitative estimate of drug-likeness (QED) is 0.546. The summed E-state index contributed by atoms with van der Waals surface area (Å²) in [5.41, 5.74) is 0. The zero-order valence-electron chi connectivity index (χ0n) is 9.50. The summed E-state index contributed by atoms with van der Waals surface area (Å²) in [4.78, 5) is 27.3. The SMILES string of the molecule is CCOC(=O)OCCOC(=O)N1C=CN=CC1. The fraction of sp³-hybridized carbons (Fsp3) is 0.500. The molecule has 0 atom stereocenters. The first-order valence-electron chi connectivity index (χ1n) is 5.15. The molecule has 1 heterocycles. The Labute approximate surface area is 98.6 Å². The van der Waals surface area contributed by atoms with Crippen LogP contribution < -0.4 is 0 Å². The van der Waals surface area contributed by atoms with Gasteiger partial charge >= 0.3 is 12.2 Å². The zero-order valence-corrected chi connectivity index (χ0v) is 9.50. The largest absolute Gasteiger partial charge is 0.508 e. The Balaban J connectivity index is 2.10. The lowest BCUT2D eigenvalue weighted by Crippen LogP contribution is -2.30. The van der Waals surface area contributed by atoms with Crippen LogP contribution in [-0.2, 0) is 14.2 Å². The molecule has 0 aromatic rings. The minimum atomic E-state index is -0.770. The maximum atomic E-state index is 11.4. The molecule has 0 aliphatic carbocycles. The van der Waals surface area contributed by atoms with Crippen LogP contribution in [0.5, 0.6) is 0 Å². The van der Waals surface area contributed by atoms with Gasteiger partial charge in [0.1, 0.15) is 13.2 Å². The summed E-state index contributed by atoms with van der Waals surface area (Å²) in [5.74, 6) is 0. The monoisotopic (exact) mass is 242 g/mol. The molecule has 0 fully saturated rings. The summed E-state index contributed by atoms with van der Waals surface area (Å²) >= 11 is 0. The molecule has 0 spiro atoms. The Hall–Kier alpha value is -2.05. The summed E-state index contributed by atoms with van der Waals surface area (Å²) in [7, 11) is 0. The number of carbonyl (C=O) groups excluding carboxylic acids is 2. The van der Waals surface area contributed by atoms with Crippen molar-refractivity contribution in [1.29, 1.82) is 0 Å². The van der Waals surface area contributed by atoms with Crippen LogP contribution in [0, 0.1) is 0 Å². The number of hydrogen-bond acceptors (Lipinski definition) is 6. The summed E-state index contributed by atoms with van der Waals surface area (Å²) in [6.07, 6.45) is 3.29. The van der Waals surface area contributed by atoms with Crippen LogP contribution in [0.2, 0.25) is 0 Å². The summed E-state index contributed by atoms with van der Waals surface area (Å²) < 4.78 is 14.0. The predicted molar refractivity (Wildman–Crippen MR) is 58.7 cm³/mol. The van der Waals surface area contributed by atoms with E-state index in [1.807, 2.05) is 0 Å². The molecular weight excluding hydrogens is 228 g/mol. The van der Waals surface area contributed by atoms with Gasteiger partial charge in [0.25, 0.3) is 0 Å². The van der Waals surface area contributed by atoms with E-state index in [9.17, 15) is 9.59 Å². The van der Waals surface area contributed by atoms with Gasteiger partial charge in [-0.25, -0.2) is 9.59 Å². The second kappa shape index (κ2) is 7.26. The van der Waals surface area contributed by atoms with Crippen molar-refractivity contribution in [2.24, 2.45) is 4.99 Å². The Bertz CT molecular complexity index is 327. The van der Waals surface area contributed by atoms with E-state index in [0.717, 1.165) is 0 Å². The normalized spacial score (nSPS) is 13.4. The van der Waals surface area contributed by atoms with E-state index in [0.29, 0.717) is 6.54 Å². The van der Waals surface area contributed by atoms with Crippen molar-refractivity contribution in [3.63, 3.8) is 0 Å². The van der Waals surface area contributed by atoms with Gasteiger partial charge in [-0.1, -0.05) is 0 Å². The molecule has 0 bridgehead atoms. The molecule has 94 valence electrons. The highest BCUT2D eigenvalue weighted by Crippen LogP contribution is 1.98. The van der Waals surface area contributed by atoms with Crippen molar-refractivity contribution in [3.8, 4) is 0 Å². The lowest BCUT2D eigenvalue weighted by molar-refractivity contribution is 0.0380. The van der Waals surface area contributed by atoms with Crippen LogP contribution in [0.15, 0.2) is 17.4 Å². The van der Waals surface area contributed by atoms with Gasteiger partial charge in [-0.05, 0) is 6.92 Å². The average Bonchev–Trinajstić information content (AvgIpc) is 2.36. The highest BCUT2D eigenvalue weighted by molar-refractivity contribution is 5.75. The van der Waals surface area contributed by atoms with Gasteiger partial charge in [-0.3, -0.25) is 9.89 Å². The molecule has 7 nitrogen and oxygen atoms in total. The molecule has 0 aromatic carbocycles. The van der Waals surface area contributed by atoms with E-state index in [1.165, 1.54) is 17.3 Å². The molecule has 0 saturated carbocycles. The van der Waals surface area contributed by atoms with Crippen LogP contribution >= 0.6 is 0 Å². The number of rotatable bonds is 4. The lowest BCUT2D eigenvalue weighted by Gasteiger charge is -2.17. The van der Waals surface area contributed by atoms with E-state index in [1.54, 1.807) is 13.1 Å². The van der Waals surface area contributed by atoms with E-state index >= 15 is 0 Å². The van der Waals surface area contributed by atoms with Gasteiger partial charge < -0.3 is 14.2 Å². The second-order valence-corrected chi connectivity index (χ2v) is 2.93. The molecule has 1 aliphatic heterocycles. The van der Waals surface area contributed by atoms with Gasteiger partial charge in [0.2, 0.25) is 0 Å². The molecule has 0 radical (unpaired) electrons. The number of carbonyl (C=O) groups is 2. The first-order chi connectivity index (χ1) is 8.24. The van der Waals surface area contributed by atoms with Crippen molar-refractivity contribution < 1.29 is 23.8 Å². The van der Waals surface area contributed by atoms with Crippen molar-refractivity contribution in [1.82, 2.24) is 4.90 Å². The Morgan fingerprint density at radius 3 is 2.71 bits per heavy atom. The van der Waals surface area contributed by atoms with Gasteiger partial charge in [0.15, 0.2) is 0 Å². The number of hydrogen-bond donors (Lipinski definition) is 0. The third kappa shape index (κ3) is 5.01. The number of aliphatic imine (C=N–C) groups is 1. The van der Waals surface area contributed by atoms with Gasteiger partial charge in [0, 0.05) is 18.6 Å². The summed E-state index contributed by atoms with van der Waals surface area (Å²) in [6, 6.07) is 0. The van der Waals surface area contributed by atoms with Crippen LogP contribution in [0.3, 0.4) is 0 Å². The van der Waals surface area contributed by atoms with E-state index in [4.69, 9.17) is 4.74 Å². The first-order valence-corrected chi connectivity index (χ1v) is 5.15. The first kappa shape index (κ1) is 13.0. The standard InChI is InChI=1S/C10H14N2O5/c1-2-15-10(14)17-8-7-16-9(13)12-5-3-11-4-6-12/h3-5H,2,6-8H2,1H3. The Morgan fingerprint density at radius 1 is 1.29 bits per heavy atom. The molecular formula is C10H14N2O5. The summed E-state index contributed by atoms with van der Waals surface area (Å²) in [6.45, 7) is 2.24. The predicted octanol–water partition coefficient (Wildman–Crippen LogP) is 1.15. The molecule has 1 amide bonds. The second-order valence-electron chi connectivity index (χ2n) is 2.93. The minimum absolute atomic E-state index is 0.0148. The average molecular weight is 242 g/mol. The van der Waals surface area contributed by atoms with E-state index < -0.39 is 12.2 Å². The Morgan fingerprint density at radius 2 is 2.06 bits per heavy atom. The fourth-order valence-corrected chi connectivity index (χ4v) is 1.01. The summed E-state index contributed by atoms with van der Waals surface area (Å²) in [5, 5.41) is 0. The number of nitrogens with zero attached hydrogens (tertiary/aromatic N) is 2. The van der Waals surface area contributed by atoms with Crippen LogP contribution in [-0.4, -0.2) is 49.7 Å². The Kier molecular flexibility index (Phi) is 5.56. The maximum absolute atomic E-state index is 11.4. The van der Waals surface area contributed by atoms with Crippen molar-refractivity contribution in [2.45, 2.75) is 6.92 Å². The zero-order chi connectivity index (χ0) is 12.5. The molecule has 17 heavy (non-hydrogen) atoms. The highest BCUT2D eigenvalue weighted by Gasteiger charge is 2.12. The molecule has 0 aromatic heterocycles. The third-order valence-electron chi connectivity index (χ3n) is 1.74. The van der Waals surface area contributed by atoms with Gasteiger partial charge in [-0.15, -0.1) is 0 Å². The van der Waals surface area contributed by atoms with Crippen LogP contribution in [0.25, 0.3) is 0 Å². The van der Waals surface area contributed by atoms with Crippen molar-refractivity contribution in [3.05, 3.63) is 12.4 Å². The van der Waals surface area contributed by atoms with E-state index in [-0.39, 0.29) is 19.8 Å². The maximum Gasteiger partial charge on any atom is 0.508 e. The number of amides is 1. The van der Waals surface area contributed by atoms with Crippen LogP contribution in [0.1, 0.15) is 6.92 Å². The molecule has 0 saturated heterocycles. The molecule has 0 unspecified atom stereocenters.